The number of carbonyl (C=O) groups is 1. The van der Waals surface area contributed by atoms with Crippen LogP contribution in [0.25, 0.3) is 22.3 Å². The number of methoxy groups -OCH3 is 1. The number of hydrogen-bond donors (Lipinski definition) is 2. The van der Waals surface area contributed by atoms with E-state index in [-0.39, 0.29) is 25.3 Å². The monoisotopic (exact) mass is 496 g/mol. The van der Waals surface area contributed by atoms with Crippen LogP contribution in [-0.4, -0.2) is 61.5 Å². The molecule has 0 bridgehead atoms. The Kier molecular flexibility index (Phi) is 6.17. The van der Waals surface area contributed by atoms with Gasteiger partial charge in [0, 0.05) is 48.6 Å². The summed E-state index contributed by atoms with van der Waals surface area (Å²) >= 11 is 0. The number of nitrogens with one attached hydrogen (secondary N) is 1. The summed E-state index contributed by atoms with van der Waals surface area (Å²) in [5.41, 5.74) is 1.56. The molecule has 4 atom stereocenters. The second kappa shape index (κ2) is 9.30. The van der Waals surface area contributed by atoms with Crippen molar-refractivity contribution >= 4 is 16.8 Å². The van der Waals surface area contributed by atoms with E-state index in [1.807, 2.05) is 0 Å². The van der Waals surface area contributed by atoms with Gasteiger partial charge in [0.15, 0.2) is 5.82 Å². The van der Waals surface area contributed by atoms with Crippen LogP contribution in [0.15, 0.2) is 54.7 Å². The van der Waals surface area contributed by atoms with Crippen LogP contribution in [0.4, 0.5) is 8.78 Å². The Morgan fingerprint density at radius 1 is 1.25 bits per heavy atom. The molecule has 1 saturated carbocycles. The van der Waals surface area contributed by atoms with Crippen LogP contribution in [0, 0.1) is 5.92 Å². The Hall–Kier alpha value is -3.86. The van der Waals surface area contributed by atoms with Gasteiger partial charge in [0.05, 0.1) is 12.6 Å². The zero-order valence-electron chi connectivity index (χ0n) is 19.8. The molecule has 2 aromatic heterocycles. The lowest BCUT2D eigenvalue weighted by molar-refractivity contribution is -0.153. The van der Waals surface area contributed by atoms with Gasteiger partial charge in [-0.3, -0.25) is 4.79 Å². The Morgan fingerprint density at radius 3 is 2.75 bits per heavy atom. The first-order chi connectivity index (χ1) is 17.3. The molecule has 2 heterocycles. The zero-order chi connectivity index (χ0) is 25.4. The molecule has 36 heavy (non-hydrogen) atoms. The molecule has 4 aromatic rings. The van der Waals surface area contributed by atoms with E-state index in [0.717, 1.165) is 4.68 Å². The quantitative estimate of drug-likeness (QED) is 0.425. The number of alkyl halides is 2. The zero-order valence-corrected chi connectivity index (χ0v) is 19.8. The van der Waals surface area contributed by atoms with Crippen molar-refractivity contribution in [3.05, 3.63) is 60.3 Å². The lowest BCUT2D eigenvalue weighted by Crippen LogP contribution is -2.54. The molecule has 5 rings (SSSR count). The van der Waals surface area contributed by atoms with Crippen LogP contribution in [0.1, 0.15) is 23.2 Å². The second-order valence-corrected chi connectivity index (χ2v) is 8.98. The molecule has 0 saturated heterocycles. The van der Waals surface area contributed by atoms with E-state index in [4.69, 9.17) is 4.74 Å². The van der Waals surface area contributed by atoms with E-state index in [1.165, 1.54) is 18.0 Å². The molecule has 0 radical (unpaired) electrons. The lowest BCUT2D eigenvalue weighted by Gasteiger charge is -2.40. The summed E-state index contributed by atoms with van der Waals surface area (Å²) in [4.78, 5) is 16.6. The van der Waals surface area contributed by atoms with Crippen molar-refractivity contribution in [2.24, 2.45) is 13.0 Å². The summed E-state index contributed by atoms with van der Waals surface area (Å²) in [5.74, 6) is -3.07. The van der Waals surface area contributed by atoms with E-state index in [2.05, 4.69) is 20.5 Å². The highest BCUT2D eigenvalue weighted by molar-refractivity contribution is 5.94. The molecule has 0 unspecified atom stereocenters. The Morgan fingerprint density at radius 2 is 2.03 bits per heavy atom. The van der Waals surface area contributed by atoms with Gasteiger partial charge in [0.1, 0.15) is 12.3 Å². The van der Waals surface area contributed by atoms with E-state index < -0.39 is 24.0 Å². The van der Waals surface area contributed by atoms with Gasteiger partial charge < -0.3 is 15.2 Å². The third kappa shape index (κ3) is 4.19. The summed E-state index contributed by atoms with van der Waals surface area (Å²) in [5, 5.41) is 22.6. The first-order valence-corrected chi connectivity index (χ1v) is 11.6. The van der Waals surface area contributed by atoms with Crippen LogP contribution >= 0.6 is 0 Å². The van der Waals surface area contributed by atoms with Gasteiger partial charge in [-0.1, -0.05) is 30.3 Å². The molecule has 0 aliphatic heterocycles. The topological polar surface area (TPSA) is 107 Å². The highest BCUT2D eigenvalue weighted by atomic mass is 19.2. The molecule has 1 aliphatic rings. The van der Waals surface area contributed by atoms with Crippen LogP contribution in [-0.2, 0) is 12.8 Å². The Labute approximate surface area is 205 Å². The molecule has 11 heteroatoms. The number of halogens is 2. The van der Waals surface area contributed by atoms with Crippen molar-refractivity contribution < 1.29 is 23.4 Å². The number of rotatable bonds is 6. The number of carbonyl (C=O) groups excluding carboxylic acids is 1. The lowest BCUT2D eigenvalue weighted by atomic mass is 9.80. The number of aromatic nitrogens is 5. The SMILES string of the molecule is COc1nc(-c2ccc3cn([C@@]4(F)CC[C@H](CNC(=O)c5ccccc5)[C@@H](F)[C@H]4O)nc3c2)nn1C. The number of nitrogens with zero attached hydrogens (tertiary/aromatic N) is 5. The predicted molar refractivity (Wildman–Crippen MR) is 128 cm³/mol. The van der Waals surface area contributed by atoms with Gasteiger partial charge in [-0.15, -0.1) is 5.10 Å². The van der Waals surface area contributed by atoms with Gasteiger partial charge >= 0.3 is 6.01 Å². The minimum Gasteiger partial charge on any atom is -0.467 e. The van der Waals surface area contributed by atoms with Crippen molar-refractivity contribution in [1.82, 2.24) is 29.9 Å². The van der Waals surface area contributed by atoms with E-state index in [0.29, 0.717) is 33.9 Å². The Balaban J connectivity index is 1.32. The number of aliphatic hydroxyl groups is 1. The highest BCUT2D eigenvalue weighted by Gasteiger charge is 2.52. The standard InChI is InChI=1S/C25H26F2N6O3/c1-32-24(36-2)29-22(31-32)16-8-9-18-14-33(30-19(18)12-16)25(27)11-10-17(20(26)21(25)34)13-28-23(35)15-6-4-3-5-7-15/h3-9,12,14,17,20-21,34H,10-11,13H2,1-2H3,(H,28,35)/t17-,20-,21-,25+/m1/s1. The highest BCUT2D eigenvalue weighted by Crippen LogP contribution is 2.41. The molecular weight excluding hydrogens is 470 g/mol. The third-order valence-corrected chi connectivity index (χ3v) is 6.68. The Bertz CT molecular complexity index is 1390. The van der Waals surface area contributed by atoms with Gasteiger partial charge in [0.25, 0.3) is 5.91 Å². The number of benzene rings is 2. The average molecular weight is 497 g/mol. The fourth-order valence-corrected chi connectivity index (χ4v) is 4.59. The number of ether oxygens (including phenoxy) is 1. The third-order valence-electron chi connectivity index (χ3n) is 6.68. The maximum Gasteiger partial charge on any atom is 0.314 e. The smallest absolute Gasteiger partial charge is 0.314 e. The molecule has 1 fully saturated rings. The summed E-state index contributed by atoms with van der Waals surface area (Å²) in [6.07, 6.45) is -2.39. The van der Waals surface area contributed by atoms with Crippen molar-refractivity contribution in [1.29, 1.82) is 0 Å². The minimum absolute atomic E-state index is 0.00693. The number of aliphatic hydroxyl groups excluding tert-OH is 1. The fraction of sp³-hybridized carbons (Fsp3) is 0.360. The number of aryl methyl sites for hydroxylation is 1. The molecular formula is C25H26F2N6O3. The van der Waals surface area contributed by atoms with Crippen molar-refractivity contribution in [2.75, 3.05) is 13.7 Å². The molecule has 1 aliphatic carbocycles. The fourth-order valence-electron chi connectivity index (χ4n) is 4.59. The normalized spacial score (nSPS) is 24.1. The first-order valence-electron chi connectivity index (χ1n) is 11.6. The number of fused-ring (bicyclic) bond motifs is 1. The van der Waals surface area contributed by atoms with E-state index in [9.17, 15) is 9.90 Å². The largest absolute Gasteiger partial charge is 0.467 e. The number of hydrogen-bond acceptors (Lipinski definition) is 6. The van der Waals surface area contributed by atoms with Gasteiger partial charge in [-0.25, -0.2) is 18.1 Å². The summed E-state index contributed by atoms with van der Waals surface area (Å²) in [7, 11) is 3.20. The average Bonchev–Trinajstić information content (AvgIpc) is 3.50. The molecule has 9 nitrogen and oxygen atoms in total. The van der Waals surface area contributed by atoms with Gasteiger partial charge in [-0.05, 0) is 24.6 Å². The maximum absolute atomic E-state index is 16.0. The van der Waals surface area contributed by atoms with E-state index >= 15 is 8.78 Å². The van der Waals surface area contributed by atoms with Gasteiger partial charge in [0.2, 0.25) is 5.79 Å². The molecule has 1 amide bonds. The van der Waals surface area contributed by atoms with Crippen molar-refractivity contribution in [3.8, 4) is 17.4 Å². The van der Waals surface area contributed by atoms with Gasteiger partial charge in [-0.2, -0.15) is 10.1 Å². The van der Waals surface area contributed by atoms with Crippen LogP contribution in [0.2, 0.25) is 0 Å². The van der Waals surface area contributed by atoms with Crippen molar-refractivity contribution in [2.45, 2.75) is 30.9 Å². The number of amides is 1. The molecule has 2 N–H and O–H groups in total. The first kappa shape index (κ1) is 23.9. The maximum atomic E-state index is 16.0. The summed E-state index contributed by atoms with van der Waals surface area (Å²) in [6.45, 7) is -0.00693. The summed E-state index contributed by atoms with van der Waals surface area (Å²) in [6, 6.07) is 14.1. The second-order valence-electron chi connectivity index (χ2n) is 8.98. The van der Waals surface area contributed by atoms with Crippen molar-refractivity contribution in [3.63, 3.8) is 0 Å². The van der Waals surface area contributed by atoms with E-state index in [1.54, 1.807) is 55.6 Å². The molecule has 0 spiro atoms. The molecule has 2 aromatic carbocycles. The van der Waals surface area contributed by atoms with Crippen LogP contribution in [0.3, 0.4) is 0 Å². The van der Waals surface area contributed by atoms with Crippen LogP contribution in [0.5, 0.6) is 6.01 Å². The molecule has 188 valence electrons. The van der Waals surface area contributed by atoms with Crippen LogP contribution < -0.4 is 10.1 Å². The summed E-state index contributed by atoms with van der Waals surface area (Å²) < 4.78 is 38.9. The minimum atomic E-state index is -2.43. The predicted octanol–water partition coefficient (Wildman–Crippen LogP) is 3.00.